The van der Waals surface area contributed by atoms with E-state index >= 15 is 0 Å². The van der Waals surface area contributed by atoms with E-state index in [0.717, 1.165) is 11.3 Å². The van der Waals surface area contributed by atoms with E-state index in [1.165, 1.54) is 10.8 Å². The monoisotopic (exact) mass is 377 g/mol. The van der Waals surface area contributed by atoms with Gasteiger partial charge in [-0.25, -0.2) is 14.8 Å². The molecular weight excluding hydrogens is 369 g/mol. The van der Waals surface area contributed by atoms with Gasteiger partial charge in [-0.2, -0.15) is 0 Å². The molecule has 0 fully saturated rings. The predicted octanol–water partition coefficient (Wildman–Crippen LogP) is 1.36. The number of aryl methyl sites for hydroxylation is 1. The number of halogens is 1. The molecule has 0 aromatic carbocycles. The fraction of sp³-hybridized carbons (Fsp3) is 0.200. The minimum atomic E-state index is -1.06. The van der Waals surface area contributed by atoms with E-state index < -0.39 is 5.97 Å². The van der Waals surface area contributed by atoms with Crippen LogP contribution >= 0.6 is 33.9 Å². The highest BCUT2D eigenvalue weighted by Gasteiger charge is 2.11. The Hall–Kier alpha value is -1.29. The first kappa shape index (κ1) is 13.1. The molecule has 0 spiro atoms. The van der Waals surface area contributed by atoms with Crippen molar-refractivity contribution in [2.75, 3.05) is 0 Å². The third kappa shape index (κ3) is 2.58. The Morgan fingerprint density at radius 1 is 1.61 bits per heavy atom. The van der Waals surface area contributed by atoms with Crippen LogP contribution in [0.1, 0.15) is 21.3 Å². The molecule has 0 bridgehead atoms. The zero-order valence-corrected chi connectivity index (χ0v) is 12.2. The van der Waals surface area contributed by atoms with Gasteiger partial charge in [0.05, 0.1) is 15.8 Å². The van der Waals surface area contributed by atoms with Gasteiger partial charge < -0.3 is 5.11 Å². The van der Waals surface area contributed by atoms with Crippen molar-refractivity contribution in [3.8, 4) is 0 Å². The number of hydrogen-bond donors (Lipinski definition) is 1. The van der Waals surface area contributed by atoms with Gasteiger partial charge in [0.15, 0.2) is 0 Å². The summed E-state index contributed by atoms with van der Waals surface area (Å²) in [6.45, 7) is 1.96. The molecule has 0 aliphatic carbocycles. The Bertz CT molecular complexity index is 665. The average molecular weight is 377 g/mol. The van der Waals surface area contributed by atoms with Crippen LogP contribution in [-0.4, -0.2) is 25.6 Å². The van der Waals surface area contributed by atoms with Crippen LogP contribution in [0.4, 0.5) is 0 Å². The summed E-state index contributed by atoms with van der Waals surface area (Å²) in [4.78, 5) is 30.7. The molecule has 0 aliphatic heterocycles. The summed E-state index contributed by atoms with van der Waals surface area (Å²) in [6, 6.07) is 0. The maximum atomic E-state index is 11.9. The molecular formula is C10H8IN3O3S. The van der Waals surface area contributed by atoms with E-state index in [2.05, 4.69) is 9.97 Å². The first-order chi connectivity index (χ1) is 8.49. The maximum absolute atomic E-state index is 11.9. The predicted molar refractivity (Wildman–Crippen MR) is 74.1 cm³/mol. The number of aromatic nitrogens is 3. The van der Waals surface area contributed by atoms with Crippen molar-refractivity contribution in [3.63, 3.8) is 0 Å². The Kier molecular flexibility index (Phi) is 3.76. The van der Waals surface area contributed by atoms with E-state index in [1.807, 2.05) is 22.6 Å². The number of thiazole rings is 1. The second-order valence-corrected chi connectivity index (χ2v) is 5.51. The van der Waals surface area contributed by atoms with Gasteiger partial charge in [0.25, 0.3) is 5.56 Å². The standard InChI is InChI=1S/C10H8IN3O3S/c1-5-12-2-7(11)9(15)14(5)3-6-4-18-8(13-6)10(16)17/h2,4H,3H2,1H3,(H,16,17). The summed E-state index contributed by atoms with van der Waals surface area (Å²) in [6.07, 6.45) is 1.51. The summed E-state index contributed by atoms with van der Waals surface area (Å²) >= 11 is 2.96. The Morgan fingerprint density at radius 3 is 2.94 bits per heavy atom. The molecule has 0 radical (unpaired) electrons. The molecule has 2 aromatic heterocycles. The molecule has 0 unspecified atom stereocenters. The van der Waals surface area contributed by atoms with Crippen LogP contribution in [-0.2, 0) is 6.54 Å². The molecule has 18 heavy (non-hydrogen) atoms. The zero-order valence-electron chi connectivity index (χ0n) is 9.25. The Morgan fingerprint density at radius 2 is 2.33 bits per heavy atom. The van der Waals surface area contributed by atoms with Gasteiger partial charge in [-0.3, -0.25) is 9.36 Å². The lowest BCUT2D eigenvalue weighted by Gasteiger charge is -2.07. The molecule has 1 N–H and O–H groups in total. The van der Waals surface area contributed by atoms with Crippen LogP contribution in [0.2, 0.25) is 0 Å². The van der Waals surface area contributed by atoms with Crippen molar-refractivity contribution in [1.29, 1.82) is 0 Å². The second-order valence-electron chi connectivity index (χ2n) is 3.49. The number of aromatic carboxylic acids is 1. The molecule has 0 saturated carbocycles. The van der Waals surface area contributed by atoms with Gasteiger partial charge in [-0.1, -0.05) is 0 Å². The lowest BCUT2D eigenvalue weighted by atomic mass is 10.4. The molecule has 0 atom stereocenters. The van der Waals surface area contributed by atoms with Gasteiger partial charge in [0.2, 0.25) is 5.01 Å². The highest BCUT2D eigenvalue weighted by atomic mass is 127. The molecule has 2 aromatic rings. The average Bonchev–Trinajstić information content (AvgIpc) is 2.78. The van der Waals surface area contributed by atoms with Crippen LogP contribution in [0, 0.1) is 10.5 Å². The molecule has 2 heterocycles. The number of rotatable bonds is 3. The maximum Gasteiger partial charge on any atom is 0.365 e. The van der Waals surface area contributed by atoms with E-state index in [9.17, 15) is 9.59 Å². The molecule has 0 saturated heterocycles. The summed E-state index contributed by atoms with van der Waals surface area (Å²) < 4.78 is 1.99. The smallest absolute Gasteiger partial charge is 0.365 e. The van der Waals surface area contributed by atoms with E-state index in [1.54, 1.807) is 12.3 Å². The number of carboxylic acid groups (broad SMARTS) is 1. The lowest BCUT2D eigenvalue weighted by Crippen LogP contribution is -2.26. The fourth-order valence-electron chi connectivity index (χ4n) is 1.38. The molecule has 0 amide bonds. The van der Waals surface area contributed by atoms with Gasteiger partial charge in [0, 0.05) is 11.6 Å². The summed E-state index contributed by atoms with van der Waals surface area (Å²) in [5.74, 6) is -0.485. The van der Waals surface area contributed by atoms with Crippen molar-refractivity contribution in [2.45, 2.75) is 13.5 Å². The van der Waals surface area contributed by atoms with E-state index in [0.29, 0.717) is 15.1 Å². The minimum Gasteiger partial charge on any atom is -0.476 e. The van der Waals surface area contributed by atoms with Crippen LogP contribution in [0.15, 0.2) is 16.4 Å². The largest absolute Gasteiger partial charge is 0.476 e. The lowest BCUT2D eigenvalue weighted by molar-refractivity contribution is 0.0696. The van der Waals surface area contributed by atoms with E-state index in [4.69, 9.17) is 5.11 Å². The first-order valence-electron chi connectivity index (χ1n) is 4.88. The topological polar surface area (TPSA) is 85.1 Å². The minimum absolute atomic E-state index is 0.0225. The quantitative estimate of drug-likeness (QED) is 0.817. The number of nitrogens with zero attached hydrogens (tertiary/aromatic N) is 3. The van der Waals surface area contributed by atoms with Crippen molar-refractivity contribution < 1.29 is 9.90 Å². The van der Waals surface area contributed by atoms with Crippen LogP contribution in [0.5, 0.6) is 0 Å². The summed E-state index contributed by atoms with van der Waals surface area (Å²) in [5.41, 5.74) is 0.402. The molecule has 6 nitrogen and oxygen atoms in total. The first-order valence-corrected chi connectivity index (χ1v) is 6.84. The highest BCUT2D eigenvalue weighted by Crippen LogP contribution is 2.11. The third-order valence-electron chi connectivity index (χ3n) is 2.26. The van der Waals surface area contributed by atoms with Crippen molar-refractivity contribution in [2.24, 2.45) is 0 Å². The van der Waals surface area contributed by atoms with Crippen LogP contribution in [0.3, 0.4) is 0 Å². The summed E-state index contributed by atoms with van der Waals surface area (Å²) in [5, 5.41) is 10.4. The highest BCUT2D eigenvalue weighted by molar-refractivity contribution is 14.1. The fourth-order valence-corrected chi connectivity index (χ4v) is 2.45. The summed E-state index contributed by atoms with van der Waals surface area (Å²) in [7, 11) is 0. The second kappa shape index (κ2) is 5.14. The Labute approximate surface area is 119 Å². The molecule has 94 valence electrons. The molecule has 0 aliphatic rings. The van der Waals surface area contributed by atoms with Gasteiger partial charge >= 0.3 is 5.97 Å². The van der Waals surface area contributed by atoms with Crippen LogP contribution < -0.4 is 5.56 Å². The Balaban J connectivity index is 2.37. The SMILES string of the molecule is Cc1ncc(I)c(=O)n1Cc1csc(C(=O)O)n1. The van der Waals surface area contributed by atoms with Gasteiger partial charge in [-0.05, 0) is 29.5 Å². The van der Waals surface area contributed by atoms with Crippen LogP contribution in [0.25, 0.3) is 0 Å². The van der Waals surface area contributed by atoms with Crippen molar-refractivity contribution in [1.82, 2.24) is 14.5 Å². The normalized spacial score (nSPS) is 10.6. The third-order valence-corrected chi connectivity index (χ3v) is 3.88. The molecule has 8 heteroatoms. The van der Waals surface area contributed by atoms with E-state index in [-0.39, 0.29) is 17.1 Å². The number of hydrogen-bond acceptors (Lipinski definition) is 5. The molecule has 2 rings (SSSR count). The van der Waals surface area contributed by atoms with Gasteiger partial charge in [-0.15, -0.1) is 11.3 Å². The number of carbonyl (C=O) groups is 1. The zero-order chi connectivity index (χ0) is 13.3. The van der Waals surface area contributed by atoms with Gasteiger partial charge in [0.1, 0.15) is 5.82 Å². The van der Waals surface area contributed by atoms with Crippen molar-refractivity contribution in [3.05, 3.63) is 42.0 Å². The van der Waals surface area contributed by atoms with Crippen molar-refractivity contribution >= 4 is 39.9 Å². The number of carboxylic acids is 1.